The summed E-state index contributed by atoms with van der Waals surface area (Å²) in [7, 11) is 0. The van der Waals surface area contributed by atoms with Crippen LogP contribution in [0.3, 0.4) is 0 Å². The van der Waals surface area contributed by atoms with Crippen LogP contribution in [-0.4, -0.2) is 56.9 Å². The first-order chi connectivity index (χ1) is 15.0. The number of amides is 1. The SMILES string of the molecule is Cc1cnc(Nc2cnn(CC(=O)N3CCOCC3)c2)nc1-c1ccc(C(C)C)cc1. The van der Waals surface area contributed by atoms with Crippen molar-refractivity contribution >= 4 is 17.5 Å². The average molecular weight is 421 g/mol. The number of aromatic nitrogens is 4. The third-order valence-electron chi connectivity index (χ3n) is 5.37. The highest BCUT2D eigenvalue weighted by Gasteiger charge is 2.17. The Hall–Kier alpha value is -3.26. The molecule has 0 spiro atoms. The van der Waals surface area contributed by atoms with Crippen molar-refractivity contribution in [2.75, 3.05) is 31.6 Å². The van der Waals surface area contributed by atoms with E-state index in [-0.39, 0.29) is 12.5 Å². The number of rotatable bonds is 6. The van der Waals surface area contributed by atoms with Crippen LogP contribution in [0.5, 0.6) is 0 Å². The Kier molecular flexibility index (Phi) is 6.27. The van der Waals surface area contributed by atoms with Crippen LogP contribution < -0.4 is 5.32 Å². The summed E-state index contributed by atoms with van der Waals surface area (Å²) in [5, 5.41) is 7.48. The van der Waals surface area contributed by atoms with E-state index in [4.69, 9.17) is 9.72 Å². The Morgan fingerprint density at radius 1 is 1.16 bits per heavy atom. The number of benzene rings is 1. The molecule has 1 aliphatic rings. The summed E-state index contributed by atoms with van der Waals surface area (Å²) in [4.78, 5) is 23.3. The number of aryl methyl sites for hydroxylation is 1. The van der Waals surface area contributed by atoms with Gasteiger partial charge in [-0.3, -0.25) is 9.48 Å². The molecule has 162 valence electrons. The van der Waals surface area contributed by atoms with Crippen molar-refractivity contribution in [1.82, 2.24) is 24.6 Å². The van der Waals surface area contributed by atoms with Crippen molar-refractivity contribution in [2.24, 2.45) is 0 Å². The summed E-state index contributed by atoms with van der Waals surface area (Å²) in [5.41, 5.74) is 4.99. The summed E-state index contributed by atoms with van der Waals surface area (Å²) < 4.78 is 6.92. The fraction of sp³-hybridized carbons (Fsp3) is 0.391. The first-order valence-electron chi connectivity index (χ1n) is 10.6. The Balaban J connectivity index is 1.45. The van der Waals surface area contributed by atoms with E-state index >= 15 is 0 Å². The lowest BCUT2D eigenvalue weighted by Crippen LogP contribution is -2.42. The van der Waals surface area contributed by atoms with Crippen molar-refractivity contribution in [3.8, 4) is 11.3 Å². The van der Waals surface area contributed by atoms with Crippen LogP contribution in [-0.2, 0) is 16.1 Å². The average Bonchev–Trinajstić information content (AvgIpc) is 3.22. The Morgan fingerprint density at radius 3 is 2.61 bits per heavy atom. The number of morpholine rings is 1. The minimum atomic E-state index is 0.0386. The second-order valence-corrected chi connectivity index (χ2v) is 8.05. The summed E-state index contributed by atoms with van der Waals surface area (Å²) in [6, 6.07) is 8.49. The van der Waals surface area contributed by atoms with E-state index in [2.05, 4.69) is 53.5 Å². The molecule has 4 rings (SSSR count). The summed E-state index contributed by atoms with van der Waals surface area (Å²) >= 11 is 0. The van der Waals surface area contributed by atoms with Gasteiger partial charge in [0.15, 0.2) is 0 Å². The predicted octanol–water partition coefficient (Wildman–Crippen LogP) is 3.37. The van der Waals surface area contributed by atoms with Gasteiger partial charge in [0.2, 0.25) is 11.9 Å². The molecule has 8 heteroatoms. The van der Waals surface area contributed by atoms with E-state index < -0.39 is 0 Å². The summed E-state index contributed by atoms with van der Waals surface area (Å²) in [5.74, 6) is 1.02. The minimum Gasteiger partial charge on any atom is -0.378 e. The summed E-state index contributed by atoms with van der Waals surface area (Å²) in [6.07, 6.45) is 5.28. The predicted molar refractivity (Wildman–Crippen MR) is 119 cm³/mol. The van der Waals surface area contributed by atoms with E-state index in [1.165, 1.54) is 5.56 Å². The maximum absolute atomic E-state index is 12.4. The van der Waals surface area contributed by atoms with E-state index in [0.717, 1.165) is 22.5 Å². The molecule has 0 saturated carbocycles. The zero-order valence-electron chi connectivity index (χ0n) is 18.2. The molecule has 0 bridgehead atoms. The van der Waals surface area contributed by atoms with E-state index in [0.29, 0.717) is 38.2 Å². The zero-order chi connectivity index (χ0) is 21.8. The largest absolute Gasteiger partial charge is 0.378 e. The van der Waals surface area contributed by atoms with Crippen LogP contribution in [0.25, 0.3) is 11.3 Å². The molecule has 31 heavy (non-hydrogen) atoms. The van der Waals surface area contributed by atoms with Gasteiger partial charge < -0.3 is 15.0 Å². The first-order valence-corrected chi connectivity index (χ1v) is 10.6. The molecular formula is C23H28N6O2. The van der Waals surface area contributed by atoms with Gasteiger partial charge in [-0.05, 0) is 24.0 Å². The number of anilines is 2. The van der Waals surface area contributed by atoms with Crippen LogP contribution in [0.15, 0.2) is 42.9 Å². The standard InChI is InChI=1S/C23H28N6O2/c1-16(2)18-4-6-19(7-5-18)22-17(3)12-24-23(27-22)26-20-13-25-29(14-20)15-21(30)28-8-10-31-11-9-28/h4-7,12-14,16H,8-11,15H2,1-3H3,(H,24,26,27). The van der Waals surface area contributed by atoms with Gasteiger partial charge in [0, 0.05) is 31.0 Å². The quantitative estimate of drug-likeness (QED) is 0.658. The number of carbonyl (C=O) groups is 1. The lowest BCUT2D eigenvalue weighted by atomic mass is 10.00. The first kappa shape index (κ1) is 21.0. The lowest BCUT2D eigenvalue weighted by Gasteiger charge is -2.26. The fourth-order valence-electron chi connectivity index (χ4n) is 3.52. The third-order valence-corrected chi connectivity index (χ3v) is 5.37. The molecule has 1 fully saturated rings. The number of carbonyl (C=O) groups excluding carboxylic acids is 1. The van der Waals surface area contributed by atoms with Crippen molar-refractivity contribution in [2.45, 2.75) is 33.2 Å². The molecule has 2 aromatic heterocycles. The molecular weight excluding hydrogens is 392 g/mol. The monoisotopic (exact) mass is 420 g/mol. The number of hydrogen-bond donors (Lipinski definition) is 1. The number of nitrogens with one attached hydrogen (secondary N) is 1. The highest BCUT2D eigenvalue weighted by Crippen LogP contribution is 2.25. The topological polar surface area (TPSA) is 85.2 Å². The van der Waals surface area contributed by atoms with Crippen LogP contribution in [0.2, 0.25) is 0 Å². The molecule has 1 aromatic carbocycles. The molecule has 3 aromatic rings. The smallest absolute Gasteiger partial charge is 0.244 e. The molecule has 3 heterocycles. The Morgan fingerprint density at radius 2 is 1.90 bits per heavy atom. The number of nitrogens with zero attached hydrogens (tertiary/aromatic N) is 5. The molecule has 8 nitrogen and oxygen atoms in total. The van der Waals surface area contributed by atoms with Crippen LogP contribution in [0, 0.1) is 6.92 Å². The van der Waals surface area contributed by atoms with Crippen LogP contribution in [0.4, 0.5) is 11.6 Å². The van der Waals surface area contributed by atoms with Gasteiger partial charge in [0.05, 0.1) is 30.8 Å². The molecule has 0 aliphatic carbocycles. The second kappa shape index (κ2) is 9.26. The molecule has 1 aliphatic heterocycles. The number of ether oxygens (including phenoxy) is 1. The van der Waals surface area contributed by atoms with Crippen molar-refractivity contribution in [3.05, 3.63) is 54.0 Å². The van der Waals surface area contributed by atoms with Crippen molar-refractivity contribution in [1.29, 1.82) is 0 Å². The minimum absolute atomic E-state index is 0.0386. The van der Waals surface area contributed by atoms with Gasteiger partial charge in [-0.2, -0.15) is 5.10 Å². The van der Waals surface area contributed by atoms with Gasteiger partial charge in [-0.25, -0.2) is 9.97 Å². The Labute approximate surface area is 182 Å². The van der Waals surface area contributed by atoms with Gasteiger partial charge >= 0.3 is 0 Å². The van der Waals surface area contributed by atoms with Gasteiger partial charge in [-0.15, -0.1) is 0 Å². The molecule has 1 N–H and O–H groups in total. The maximum Gasteiger partial charge on any atom is 0.244 e. The van der Waals surface area contributed by atoms with E-state index in [1.807, 2.05) is 13.1 Å². The Bertz CT molecular complexity index is 1040. The van der Waals surface area contributed by atoms with Gasteiger partial charge in [0.25, 0.3) is 0 Å². The normalized spacial score (nSPS) is 14.1. The highest BCUT2D eigenvalue weighted by atomic mass is 16.5. The van der Waals surface area contributed by atoms with Gasteiger partial charge in [0.1, 0.15) is 6.54 Å². The van der Waals surface area contributed by atoms with Crippen molar-refractivity contribution < 1.29 is 9.53 Å². The second-order valence-electron chi connectivity index (χ2n) is 8.05. The molecule has 0 atom stereocenters. The van der Waals surface area contributed by atoms with Crippen LogP contribution >= 0.6 is 0 Å². The molecule has 0 unspecified atom stereocenters. The molecule has 1 saturated heterocycles. The highest BCUT2D eigenvalue weighted by molar-refractivity contribution is 5.76. The lowest BCUT2D eigenvalue weighted by molar-refractivity contribution is -0.136. The summed E-state index contributed by atoms with van der Waals surface area (Å²) in [6.45, 7) is 9.00. The van der Waals surface area contributed by atoms with Gasteiger partial charge in [-0.1, -0.05) is 38.1 Å². The van der Waals surface area contributed by atoms with E-state index in [9.17, 15) is 4.79 Å². The molecule has 1 amide bonds. The third kappa shape index (κ3) is 5.08. The van der Waals surface area contributed by atoms with Crippen LogP contribution in [0.1, 0.15) is 30.9 Å². The van der Waals surface area contributed by atoms with Crippen molar-refractivity contribution in [3.63, 3.8) is 0 Å². The zero-order valence-corrected chi connectivity index (χ0v) is 18.2. The fourth-order valence-corrected chi connectivity index (χ4v) is 3.52. The molecule has 0 radical (unpaired) electrons. The van der Waals surface area contributed by atoms with E-state index in [1.54, 1.807) is 22.0 Å². The maximum atomic E-state index is 12.4. The number of hydrogen-bond acceptors (Lipinski definition) is 6.